The molecule has 0 aromatic heterocycles. The number of rotatable bonds is 37. The number of allylic oxidation sites excluding steroid dienone is 10. The molecule has 1 atom stereocenters. The lowest BCUT2D eigenvalue weighted by Crippen LogP contribution is -2.17. The Balaban J connectivity index is 6.15. The van der Waals surface area contributed by atoms with E-state index in [0.29, 0.717) is 0 Å². The molecule has 0 amide bonds. The van der Waals surface area contributed by atoms with Gasteiger partial charge in [0, 0.05) is 5.41 Å². The molecule has 0 nitrogen and oxygen atoms in total. The van der Waals surface area contributed by atoms with E-state index in [4.69, 9.17) is 0 Å². The lowest BCUT2D eigenvalue weighted by Gasteiger charge is -2.29. The van der Waals surface area contributed by atoms with Gasteiger partial charge < -0.3 is 0 Å². The van der Waals surface area contributed by atoms with Crippen LogP contribution in [-0.4, -0.2) is 0 Å². The summed E-state index contributed by atoms with van der Waals surface area (Å²) in [5.41, 5.74) is 1.52. The van der Waals surface area contributed by atoms with Gasteiger partial charge in [-0.2, -0.15) is 0 Å². The molecule has 0 heteroatoms. The van der Waals surface area contributed by atoms with Crippen molar-refractivity contribution >= 4 is 0 Å². The Labute approximate surface area is 304 Å². The van der Waals surface area contributed by atoms with Crippen LogP contribution < -0.4 is 0 Å². The molecule has 0 N–H and O–H groups in total. The van der Waals surface area contributed by atoms with Gasteiger partial charge in [0.2, 0.25) is 0 Å². The van der Waals surface area contributed by atoms with Gasteiger partial charge in [-0.1, -0.05) is 224 Å². The zero-order valence-electron chi connectivity index (χ0n) is 33.8. The normalized spacial score (nSPS) is 14.1. The predicted molar refractivity (Wildman–Crippen MR) is 223 cm³/mol. The third-order valence-corrected chi connectivity index (χ3v) is 10.1. The van der Waals surface area contributed by atoms with Crippen molar-refractivity contribution in [2.45, 2.75) is 240 Å². The highest BCUT2D eigenvalue weighted by atomic mass is 14.3. The molecular weight excluding hydrogens is 577 g/mol. The lowest BCUT2D eigenvalue weighted by atomic mass is 9.74. The average Bonchev–Trinajstić information content (AvgIpc) is 3.10. The molecule has 0 radical (unpaired) electrons. The fourth-order valence-corrected chi connectivity index (χ4v) is 6.75. The second-order valence-corrected chi connectivity index (χ2v) is 15.0. The van der Waals surface area contributed by atoms with Gasteiger partial charge in [0.1, 0.15) is 0 Å². The van der Waals surface area contributed by atoms with Crippen LogP contribution in [0.1, 0.15) is 240 Å². The van der Waals surface area contributed by atoms with Gasteiger partial charge in [0.05, 0.1) is 0 Å². The van der Waals surface area contributed by atoms with Crippen LogP contribution >= 0.6 is 0 Å². The van der Waals surface area contributed by atoms with E-state index >= 15 is 0 Å². The highest BCUT2D eigenvalue weighted by molar-refractivity contribution is 5.38. The second kappa shape index (κ2) is 38.5. The van der Waals surface area contributed by atoms with Crippen molar-refractivity contribution in [1.29, 1.82) is 0 Å². The second-order valence-electron chi connectivity index (χ2n) is 15.0. The van der Waals surface area contributed by atoms with Crippen molar-refractivity contribution in [1.82, 2.24) is 0 Å². The van der Waals surface area contributed by atoms with Crippen molar-refractivity contribution < 1.29 is 0 Å². The minimum atomic E-state index is -0.0350. The first-order chi connectivity index (χ1) is 23.7. The first-order valence-electron chi connectivity index (χ1n) is 22.1. The van der Waals surface area contributed by atoms with Gasteiger partial charge in [-0.15, -0.1) is 0 Å². The van der Waals surface area contributed by atoms with Gasteiger partial charge in [-0.25, -0.2) is 0 Å². The molecule has 0 spiro atoms. The molecule has 0 bridgehead atoms. The third kappa shape index (κ3) is 29.6. The Morgan fingerprint density at radius 3 is 1.10 bits per heavy atom. The maximum absolute atomic E-state index is 2.64. The topological polar surface area (TPSA) is 0 Å². The Bertz CT molecular complexity index is 776. The molecule has 0 saturated carbocycles. The smallest absolute Gasteiger partial charge is 0.0343 e. The molecule has 0 saturated heterocycles. The van der Waals surface area contributed by atoms with Crippen LogP contribution in [0.15, 0.2) is 60.3 Å². The predicted octanol–water partition coefficient (Wildman–Crippen LogP) is 17.7. The van der Waals surface area contributed by atoms with Crippen molar-refractivity contribution in [2.24, 2.45) is 5.41 Å². The molecule has 0 aliphatic carbocycles. The number of hydrogen-bond donors (Lipinski definition) is 0. The van der Waals surface area contributed by atoms with Crippen LogP contribution in [0.3, 0.4) is 0 Å². The summed E-state index contributed by atoms with van der Waals surface area (Å²) in [6.07, 6.45) is 65.8. The molecule has 0 aliphatic rings. The zero-order valence-corrected chi connectivity index (χ0v) is 33.8. The van der Waals surface area contributed by atoms with Crippen molar-refractivity contribution in [2.75, 3.05) is 0 Å². The van der Waals surface area contributed by atoms with Crippen LogP contribution in [-0.2, 0) is 0 Å². The first kappa shape index (κ1) is 46.7. The van der Waals surface area contributed by atoms with Gasteiger partial charge in [-0.05, 0) is 76.2 Å². The average molecular weight is 665 g/mol. The van der Waals surface area contributed by atoms with Crippen LogP contribution in [0.5, 0.6) is 0 Å². The molecule has 0 rings (SSSR count). The van der Waals surface area contributed by atoms with E-state index in [1.54, 1.807) is 5.57 Å². The monoisotopic (exact) mass is 665 g/mol. The maximum Gasteiger partial charge on any atom is 0.0343 e. The Kier molecular flexibility index (Phi) is 37.5. The SMILES string of the molecule is CCCCCCC=C(C=CCCCCCCC)C(C=CCCCCCCC)(C=CCCCCCCCC)CC=CCCCCCCCC. The summed E-state index contributed by atoms with van der Waals surface area (Å²) >= 11 is 0. The molecule has 0 aromatic carbocycles. The van der Waals surface area contributed by atoms with E-state index in [1.165, 1.54) is 199 Å². The number of unbranched alkanes of at least 4 members (excludes halogenated alkanes) is 26. The summed E-state index contributed by atoms with van der Waals surface area (Å²) in [7, 11) is 0. The summed E-state index contributed by atoms with van der Waals surface area (Å²) < 4.78 is 0. The first-order valence-corrected chi connectivity index (χ1v) is 22.1. The Hall–Kier alpha value is -1.30. The standard InChI is InChI=1S/C48H88/c1-6-11-16-21-25-27-31-36-41-46-48(44-39-34-29-24-19-14-9-4,45-40-35-30-26-22-17-12-7-2)47(42-37-32-20-15-10-5)43-38-33-28-23-18-13-8-3/h36,38-45H,6-35,37,46H2,1-5H3. The molecule has 0 heterocycles. The van der Waals surface area contributed by atoms with E-state index in [9.17, 15) is 0 Å². The van der Waals surface area contributed by atoms with Crippen LogP contribution in [0.2, 0.25) is 0 Å². The summed E-state index contributed by atoms with van der Waals surface area (Å²) in [6.45, 7) is 11.6. The van der Waals surface area contributed by atoms with Crippen LogP contribution in [0.4, 0.5) is 0 Å². The van der Waals surface area contributed by atoms with E-state index in [-0.39, 0.29) is 5.41 Å². The van der Waals surface area contributed by atoms with Gasteiger partial charge >= 0.3 is 0 Å². The molecule has 0 aliphatic heterocycles. The Morgan fingerprint density at radius 1 is 0.333 bits per heavy atom. The van der Waals surface area contributed by atoms with Gasteiger partial charge in [-0.3, -0.25) is 0 Å². The third-order valence-electron chi connectivity index (χ3n) is 10.1. The summed E-state index contributed by atoms with van der Waals surface area (Å²) in [4.78, 5) is 0. The number of hydrogen-bond acceptors (Lipinski definition) is 0. The van der Waals surface area contributed by atoms with E-state index < -0.39 is 0 Å². The Morgan fingerprint density at radius 2 is 0.667 bits per heavy atom. The van der Waals surface area contributed by atoms with Gasteiger partial charge in [0.25, 0.3) is 0 Å². The molecule has 0 aromatic rings. The molecule has 48 heavy (non-hydrogen) atoms. The molecule has 0 fully saturated rings. The van der Waals surface area contributed by atoms with Crippen molar-refractivity contribution in [3.8, 4) is 0 Å². The van der Waals surface area contributed by atoms with E-state index in [0.717, 1.165) is 6.42 Å². The molecule has 1 unspecified atom stereocenters. The van der Waals surface area contributed by atoms with Crippen molar-refractivity contribution in [3.63, 3.8) is 0 Å². The fourth-order valence-electron chi connectivity index (χ4n) is 6.75. The zero-order chi connectivity index (χ0) is 35.1. The van der Waals surface area contributed by atoms with Gasteiger partial charge in [0.15, 0.2) is 0 Å². The highest BCUT2D eigenvalue weighted by Gasteiger charge is 2.26. The molecule has 280 valence electrons. The largest absolute Gasteiger partial charge is 0.0885 e. The molecular formula is C48H88. The minimum Gasteiger partial charge on any atom is -0.0885 e. The summed E-state index contributed by atoms with van der Waals surface area (Å²) in [6, 6.07) is 0. The lowest BCUT2D eigenvalue weighted by molar-refractivity contribution is 0.584. The van der Waals surface area contributed by atoms with Crippen LogP contribution in [0.25, 0.3) is 0 Å². The minimum absolute atomic E-state index is 0.0350. The fraction of sp³-hybridized carbons (Fsp3) is 0.792. The summed E-state index contributed by atoms with van der Waals surface area (Å²) in [5.74, 6) is 0. The van der Waals surface area contributed by atoms with E-state index in [1.807, 2.05) is 0 Å². The van der Waals surface area contributed by atoms with Crippen molar-refractivity contribution in [3.05, 3.63) is 60.3 Å². The van der Waals surface area contributed by atoms with E-state index in [2.05, 4.69) is 89.3 Å². The maximum atomic E-state index is 2.64. The summed E-state index contributed by atoms with van der Waals surface area (Å²) in [5, 5.41) is 0. The quantitative estimate of drug-likeness (QED) is 0.0352. The highest BCUT2D eigenvalue weighted by Crippen LogP contribution is 2.38. The van der Waals surface area contributed by atoms with Crippen LogP contribution in [0, 0.1) is 5.41 Å².